The third-order valence-corrected chi connectivity index (χ3v) is 3.27. The summed E-state index contributed by atoms with van der Waals surface area (Å²) in [6.45, 7) is 0. The Kier molecular flexibility index (Phi) is 5.96. The lowest BCUT2D eigenvalue weighted by molar-refractivity contribution is -0.113. The second kappa shape index (κ2) is 7.24. The van der Waals surface area contributed by atoms with E-state index in [1.807, 2.05) is 6.07 Å². The van der Waals surface area contributed by atoms with E-state index >= 15 is 0 Å². The van der Waals surface area contributed by atoms with Crippen LogP contribution in [0.1, 0.15) is 10.4 Å². The maximum atomic E-state index is 11.6. The number of thioether (sulfide) groups is 1. The summed E-state index contributed by atoms with van der Waals surface area (Å²) >= 11 is 12.7. The Morgan fingerprint density at radius 1 is 1.42 bits per heavy atom. The molecule has 0 aromatic heterocycles. The highest BCUT2D eigenvalue weighted by molar-refractivity contribution is 8.00. The molecule has 100 valence electrons. The van der Waals surface area contributed by atoms with Gasteiger partial charge in [-0.2, -0.15) is 5.26 Å². The molecule has 1 rings (SSSR count). The fourth-order valence-electron chi connectivity index (χ4n) is 1.23. The first kappa shape index (κ1) is 15.6. The Morgan fingerprint density at radius 3 is 2.68 bits per heavy atom. The highest BCUT2D eigenvalue weighted by Gasteiger charge is 2.17. The number of amides is 1. The maximum absolute atomic E-state index is 11.6. The number of carboxylic acids is 1. The number of hydrogen-bond acceptors (Lipinski definition) is 4. The Bertz CT molecular complexity index is 558. The van der Waals surface area contributed by atoms with Gasteiger partial charge in [0.1, 0.15) is 0 Å². The van der Waals surface area contributed by atoms with E-state index in [4.69, 9.17) is 33.6 Å². The van der Waals surface area contributed by atoms with Crippen LogP contribution in [-0.2, 0) is 4.79 Å². The van der Waals surface area contributed by atoms with Crippen molar-refractivity contribution in [2.45, 2.75) is 0 Å². The third-order valence-electron chi connectivity index (χ3n) is 1.95. The molecule has 0 fully saturated rings. The van der Waals surface area contributed by atoms with Gasteiger partial charge in [0, 0.05) is 5.02 Å². The normalized spacial score (nSPS) is 9.74. The van der Waals surface area contributed by atoms with Crippen molar-refractivity contribution in [2.75, 3.05) is 16.8 Å². The summed E-state index contributed by atoms with van der Waals surface area (Å²) in [5.41, 5.74) is -0.183. The van der Waals surface area contributed by atoms with Crippen LogP contribution in [0.3, 0.4) is 0 Å². The first-order chi connectivity index (χ1) is 8.95. The van der Waals surface area contributed by atoms with Gasteiger partial charge in [0.05, 0.1) is 33.8 Å². The molecule has 0 spiro atoms. The number of benzene rings is 1. The molecule has 19 heavy (non-hydrogen) atoms. The number of carbonyl (C=O) groups excluding carboxylic acids is 1. The molecule has 0 atom stereocenters. The molecular formula is C11H8Cl2N2O3S. The van der Waals surface area contributed by atoms with Crippen LogP contribution >= 0.6 is 35.0 Å². The minimum Gasteiger partial charge on any atom is -0.478 e. The molecule has 8 heteroatoms. The van der Waals surface area contributed by atoms with E-state index in [-0.39, 0.29) is 32.8 Å². The second-order valence-electron chi connectivity index (χ2n) is 3.31. The number of aromatic carboxylic acids is 1. The molecule has 5 nitrogen and oxygen atoms in total. The summed E-state index contributed by atoms with van der Waals surface area (Å²) < 4.78 is 0. The first-order valence-electron chi connectivity index (χ1n) is 4.92. The second-order valence-corrected chi connectivity index (χ2v) is 5.14. The van der Waals surface area contributed by atoms with Gasteiger partial charge in [-0.15, -0.1) is 11.8 Å². The Hall–Kier alpha value is -1.42. The van der Waals surface area contributed by atoms with Crippen molar-refractivity contribution in [3.05, 3.63) is 27.7 Å². The zero-order chi connectivity index (χ0) is 14.4. The molecule has 1 aromatic carbocycles. The van der Waals surface area contributed by atoms with Crippen LogP contribution in [0.2, 0.25) is 10.0 Å². The average Bonchev–Trinajstić information content (AvgIpc) is 2.32. The van der Waals surface area contributed by atoms with E-state index in [0.717, 1.165) is 11.8 Å². The zero-order valence-electron chi connectivity index (χ0n) is 9.44. The van der Waals surface area contributed by atoms with E-state index in [9.17, 15) is 9.59 Å². The molecule has 0 aliphatic carbocycles. The van der Waals surface area contributed by atoms with Crippen LogP contribution in [0.15, 0.2) is 12.1 Å². The molecule has 0 unspecified atom stereocenters. The number of nitrogens with one attached hydrogen (secondary N) is 1. The van der Waals surface area contributed by atoms with Gasteiger partial charge in [-0.05, 0) is 12.1 Å². The molecule has 2 N–H and O–H groups in total. The SMILES string of the molecule is N#CCSCC(=O)Nc1c(Cl)cc(Cl)cc1C(=O)O. The number of nitriles is 1. The van der Waals surface area contributed by atoms with Gasteiger partial charge in [0.25, 0.3) is 0 Å². The largest absolute Gasteiger partial charge is 0.478 e. The van der Waals surface area contributed by atoms with Crippen LogP contribution in [0.5, 0.6) is 0 Å². The van der Waals surface area contributed by atoms with Crippen molar-refractivity contribution >= 4 is 52.5 Å². The maximum Gasteiger partial charge on any atom is 0.337 e. The zero-order valence-corrected chi connectivity index (χ0v) is 11.8. The van der Waals surface area contributed by atoms with Crippen LogP contribution in [0, 0.1) is 11.3 Å². The van der Waals surface area contributed by atoms with E-state index in [2.05, 4.69) is 5.32 Å². The monoisotopic (exact) mass is 318 g/mol. The van der Waals surface area contributed by atoms with Crippen molar-refractivity contribution in [3.63, 3.8) is 0 Å². The number of carboxylic acid groups (broad SMARTS) is 1. The summed E-state index contributed by atoms with van der Waals surface area (Å²) in [6, 6.07) is 4.42. The van der Waals surface area contributed by atoms with Crippen LogP contribution < -0.4 is 5.32 Å². The smallest absolute Gasteiger partial charge is 0.337 e. The fourth-order valence-corrected chi connectivity index (χ4v) is 2.23. The third kappa shape index (κ3) is 4.63. The number of rotatable bonds is 5. The van der Waals surface area contributed by atoms with Gasteiger partial charge in [-0.25, -0.2) is 4.79 Å². The number of halogens is 2. The van der Waals surface area contributed by atoms with Gasteiger partial charge >= 0.3 is 5.97 Å². The molecule has 0 heterocycles. The van der Waals surface area contributed by atoms with E-state index < -0.39 is 11.9 Å². The Labute approximate surface area is 123 Å². The van der Waals surface area contributed by atoms with Gasteiger partial charge < -0.3 is 10.4 Å². The number of nitrogens with zero attached hydrogens (tertiary/aromatic N) is 1. The highest BCUT2D eigenvalue weighted by Crippen LogP contribution is 2.30. The molecule has 0 saturated carbocycles. The summed E-state index contributed by atoms with van der Waals surface area (Å²) in [4.78, 5) is 22.6. The lowest BCUT2D eigenvalue weighted by Gasteiger charge is -2.10. The predicted octanol–water partition coefficient (Wildman–Crippen LogP) is 2.89. The molecule has 0 saturated heterocycles. The van der Waals surface area contributed by atoms with Crippen molar-refractivity contribution in [3.8, 4) is 6.07 Å². The Balaban J connectivity index is 2.91. The number of hydrogen-bond donors (Lipinski definition) is 2. The molecular weight excluding hydrogens is 311 g/mol. The summed E-state index contributed by atoms with van der Waals surface area (Å²) in [5.74, 6) is -1.48. The Morgan fingerprint density at radius 2 is 2.11 bits per heavy atom. The highest BCUT2D eigenvalue weighted by atomic mass is 35.5. The van der Waals surface area contributed by atoms with E-state index in [0.29, 0.717) is 0 Å². The van der Waals surface area contributed by atoms with Crippen LogP contribution in [0.25, 0.3) is 0 Å². The van der Waals surface area contributed by atoms with E-state index in [1.54, 1.807) is 0 Å². The van der Waals surface area contributed by atoms with Crippen molar-refractivity contribution < 1.29 is 14.7 Å². The quantitative estimate of drug-likeness (QED) is 0.815. The fraction of sp³-hybridized carbons (Fsp3) is 0.182. The lowest BCUT2D eigenvalue weighted by atomic mass is 10.1. The van der Waals surface area contributed by atoms with Gasteiger partial charge in [0.15, 0.2) is 0 Å². The minimum atomic E-state index is -1.25. The predicted molar refractivity (Wildman–Crippen MR) is 75.0 cm³/mol. The minimum absolute atomic E-state index is 0.00104. The van der Waals surface area contributed by atoms with Crippen LogP contribution in [0.4, 0.5) is 5.69 Å². The number of anilines is 1. The van der Waals surface area contributed by atoms with Crippen molar-refractivity contribution in [2.24, 2.45) is 0 Å². The summed E-state index contributed by atoms with van der Waals surface area (Å²) in [7, 11) is 0. The first-order valence-corrected chi connectivity index (χ1v) is 6.83. The average molecular weight is 319 g/mol. The molecule has 0 aliphatic rings. The molecule has 1 amide bonds. The van der Waals surface area contributed by atoms with Gasteiger partial charge in [-0.1, -0.05) is 23.2 Å². The summed E-state index contributed by atoms with van der Waals surface area (Å²) in [5, 5.41) is 20.0. The van der Waals surface area contributed by atoms with Gasteiger partial charge in [0.2, 0.25) is 5.91 Å². The topological polar surface area (TPSA) is 90.2 Å². The number of carbonyl (C=O) groups is 2. The molecule has 0 bridgehead atoms. The molecule has 1 aromatic rings. The molecule has 0 aliphatic heterocycles. The van der Waals surface area contributed by atoms with Crippen molar-refractivity contribution in [1.82, 2.24) is 0 Å². The van der Waals surface area contributed by atoms with Crippen LogP contribution in [-0.4, -0.2) is 28.5 Å². The molecule has 0 radical (unpaired) electrons. The standard InChI is InChI=1S/C11H8Cl2N2O3S/c12-6-3-7(11(17)18)10(8(13)4-6)15-9(16)5-19-2-1-14/h3-4H,2,5H2,(H,15,16)(H,17,18). The van der Waals surface area contributed by atoms with Crippen molar-refractivity contribution in [1.29, 1.82) is 5.26 Å². The van der Waals surface area contributed by atoms with E-state index in [1.165, 1.54) is 12.1 Å². The lowest BCUT2D eigenvalue weighted by Crippen LogP contribution is -2.17. The van der Waals surface area contributed by atoms with Gasteiger partial charge in [-0.3, -0.25) is 4.79 Å². The summed E-state index contributed by atoms with van der Waals surface area (Å²) in [6.07, 6.45) is 0.